The van der Waals surface area contributed by atoms with Crippen molar-refractivity contribution in [3.8, 4) is 5.75 Å². The minimum Gasteiger partial charge on any atom is -0.494 e. The number of anilines is 1. The molecule has 3 rings (SSSR count). The normalized spacial score (nSPS) is 13.5. The number of fused-ring (bicyclic) bond motifs is 1. The number of carbonyl (C=O) groups excluding carboxylic acids is 1. The molecule has 0 spiro atoms. The van der Waals surface area contributed by atoms with Gasteiger partial charge in [-0.25, -0.2) is 4.79 Å². The second kappa shape index (κ2) is 6.52. The molecule has 0 saturated heterocycles. The smallest absolute Gasteiger partial charge is 0.319 e. The van der Waals surface area contributed by atoms with Crippen LogP contribution in [0.25, 0.3) is 0 Å². The van der Waals surface area contributed by atoms with Crippen LogP contribution in [0.4, 0.5) is 10.5 Å². The number of ether oxygens (including phenoxy) is 1. The minimum absolute atomic E-state index is 0.165. The quantitative estimate of drug-likeness (QED) is 0.909. The zero-order valence-corrected chi connectivity index (χ0v) is 12.6. The molecule has 0 heterocycles. The van der Waals surface area contributed by atoms with Crippen molar-refractivity contribution in [1.82, 2.24) is 5.32 Å². The summed E-state index contributed by atoms with van der Waals surface area (Å²) in [5.41, 5.74) is 3.42. The summed E-state index contributed by atoms with van der Waals surface area (Å²) in [7, 11) is 0. The standard InChI is InChI=1S/C18H20N2O2/c1-2-22-17-9-7-15(8-10-17)19-18(21)20-16-11-13-5-3-4-6-14(13)12-16/h3-10,16H,2,11-12H2,1H3,(H2,19,20,21). The second-order valence-electron chi connectivity index (χ2n) is 5.43. The molecule has 114 valence electrons. The first-order valence-corrected chi connectivity index (χ1v) is 7.62. The maximum absolute atomic E-state index is 12.1. The van der Waals surface area contributed by atoms with Crippen LogP contribution in [0.2, 0.25) is 0 Å². The molecule has 0 aliphatic heterocycles. The lowest BCUT2D eigenvalue weighted by Gasteiger charge is -2.13. The van der Waals surface area contributed by atoms with E-state index in [0.29, 0.717) is 6.61 Å². The molecule has 0 aromatic heterocycles. The molecule has 2 N–H and O–H groups in total. The summed E-state index contributed by atoms with van der Waals surface area (Å²) in [6, 6.07) is 15.7. The number of rotatable bonds is 4. The number of urea groups is 1. The molecule has 4 heteroatoms. The highest BCUT2D eigenvalue weighted by atomic mass is 16.5. The summed E-state index contributed by atoms with van der Waals surface area (Å²) in [6.07, 6.45) is 1.79. The number of benzene rings is 2. The van der Waals surface area contributed by atoms with Crippen LogP contribution >= 0.6 is 0 Å². The predicted molar refractivity (Wildman–Crippen MR) is 87.4 cm³/mol. The molecule has 1 aliphatic carbocycles. The lowest BCUT2D eigenvalue weighted by Crippen LogP contribution is -2.38. The topological polar surface area (TPSA) is 50.4 Å². The third-order valence-corrected chi connectivity index (χ3v) is 3.81. The SMILES string of the molecule is CCOc1ccc(NC(=O)NC2Cc3ccccc3C2)cc1. The number of nitrogens with one attached hydrogen (secondary N) is 2. The molecular weight excluding hydrogens is 276 g/mol. The second-order valence-corrected chi connectivity index (χ2v) is 5.43. The van der Waals surface area contributed by atoms with Crippen LogP contribution in [0.5, 0.6) is 5.75 Å². The molecule has 0 atom stereocenters. The van der Waals surface area contributed by atoms with Gasteiger partial charge in [-0.1, -0.05) is 24.3 Å². The Balaban J connectivity index is 1.53. The predicted octanol–water partition coefficient (Wildman–Crippen LogP) is 3.37. The van der Waals surface area contributed by atoms with Crippen LogP contribution in [-0.2, 0) is 12.8 Å². The monoisotopic (exact) mass is 296 g/mol. The highest BCUT2D eigenvalue weighted by molar-refractivity contribution is 5.89. The Morgan fingerprint density at radius 2 is 1.73 bits per heavy atom. The van der Waals surface area contributed by atoms with Gasteiger partial charge in [0.05, 0.1) is 6.61 Å². The van der Waals surface area contributed by atoms with Gasteiger partial charge in [0.25, 0.3) is 0 Å². The molecule has 0 bridgehead atoms. The van der Waals surface area contributed by atoms with E-state index < -0.39 is 0 Å². The van der Waals surface area contributed by atoms with Crippen LogP contribution in [-0.4, -0.2) is 18.7 Å². The first kappa shape index (κ1) is 14.4. The number of amides is 2. The van der Waals surface area contributed by atoms with Crippen molar-refractivity contribution in [3.05, 3.63) is 59.7 Å². The molecule has 0 radical (unpaired) electrons. The van der Waals surface area contributed by atoms with Gasteiger partial charge in [-0.2, -0.15) is 0 Å². The van der Waals surface area contributed by atoms with Crippen LogP contribution in [0.15, 0.2) is 48.5 Å². The first-order valence-electron chi connectivity index (χ1n) is 7.62. The lowest BCUT2D eigenvalue weighted by atomic mass is 10.1. The fourth-order valence-electron chi connectivity index (χ4n) is 2.81. The van der Waals surface area contributed by atoms with Crippen molar-refractivity contribution in [2.75, 3.05) is 11.9 Å². The van der Waals surface area contributed by atoms with Crippen molar-refractivity contribution in [3.63, 3.8) is 0 Å². The maximum Gasteiger partial charge on any atom is 0.319 e. The Bertz CT molecular complexity index is 627. The van der Waals surface area contributed by atoms with E-state index in [1.807, 2.05) is 43.3 Å². The van der Waals surface area contributed by atoms with Crippen LogP contribution < -0.4 is 15.4 Å². The summed E-state index contributed by atoms with van der Waals surface area (Å²) in [5.74, 6) is 0.805. The lowest BCUT2D eigenvalue weighted by molar-refractivity contribution is 0.249. The summed E-state index contributed by atoms with van der Waals surface area (Å²) in [5, 5.41) is 5.89. The number of carbonyl (C=O) groups is 1. The molecule has 0 fully saturated rings. The van der Waals surface area contributed by atoms with Crippen molar-refractivity contribution >= 4 is 11.7 Å². The third-order valence-electron chi connectivity index (χ3n) is 3.81. The van der Waals surface area contributed by atoms with E-state index in [-0.39, 0.29) is 12.1 Å². The van der Waals surface area contributed by atoms with E-state index in [1.54, 1.807) is 0 Å². The Kier molecular flexibility index (Phi) is 4.28. The molecule has 0 unspecified atom stereocenters. The first-order chi connectivity index (χ1) is 10.7. The molecular formula is C18H20N2O2. The molecule has 22 heavy (non-hydrogen) atoms. The van der Waals surface area contributed by atoms with Gasteiger partial charge in [-0.3, -0.25) is 0 Å². The number of hydrogen-bond donors (Lipinski definition) is 2. The van der Waals surface area contributed by atoms with Gasteiger partial charge in [0, 0.05) is 11.7 Å². The van der Waals surface area contributed by atoms with Gasteiger partial charge in [0.2, 0.25) is 0 Å². The fourth-order valence-corrected chi connectivity index (χ4v) is 2.81. The molecule has 2 aromatic rings. The highest BCUT2D eigenvalue weighted by Crippen LogP contribution is 2.22. The molecule has 1 aliphatic rings. The Morgan fingerprint density at radius 3 is 2.32 bits per heavy atom. The van der Waals surface area contributed by atoms with Crippen molar-refractivity contribution in [2.24, 2.45) is 0 Å². The van der Waals surface area contributed by atoms with E-state index in [1.165, 1.54) is 11.1 Å². The van der Waals surface area contributed by atoms with E-state index in [0.717, 1.165) is 24.3 Å². The Morgan fingerprint density at radius 1 is 1.09 bits per heavy atom. The van der Waals surface area contributed by atoms with Gasteiger partial charge in [0.1, 0.15) is 5.75 Å². The van der Waals surface area contributed by atoms with Crippen molar-refractivity contribution in [2.45, 2.75) is 25.8 Å². The van der Waals surface area contributed by atoms with E-state index in [2.05, 4.69) is 22.8 Å². The van der Waals surface area contributed by atoms with Crippen LogP contribution in [0.3, 0.4) is 0 Å². The van der Waals surface area contributed by atoms with Crippen LogP contribution in [0.1, 0.15) is 18.1 Å². The molecule has 2 aromatic carbocycles. The fraction of sp³-hybridized carbons (Fsp3) is 0.278. The van der Waals surface area contributed by atoms with Gasteiger partial charge >= 0.3 is 6.03 Å². The maximum atomic E-state index is 12.1. The van der Waals surface area contributed by atoms with Crippen molar-refractivity contribution < 1.29 is 9.53 Å². The number of hydrogen-bond acceptors (Lipinski definition) is 2. The van der Waals surface area contributed by atoms with E-state index >= 15 is 0 Å². The average Bonchev–Trinajstić information content (AvgIpc) is 2.91. The zero-order valence-electron chi connectivity index (χ0n) is 12.6. The minimum atomic E-state index is -0.165. The van der Waals surface area contributed by atoms with Crippen LogP contribution in [0, 0.1) is 0 Å². The van der Waals surface area contributed by atoms with Gasteiger partial charge < -0.3 is 15.4 Å². The molecule has 2 amide bonds. The van der Waals surface area contributed by atoms with Gasteiger partial charge in [0.15, 0.2) is 0 Å². The van der Waals surface area contributed by atoms with Gasteiger partial charge in [-0.05, 0) is 55.2 Å². The summed E-state index contributed by atoms with van der Waals surface area (Å²) < 4.78 is 5.38. The third kappa shape index (κ3) is 3.39. The largest absolute Gasteiger partial charge is 0.494 e. The van der Waals surface area contributed by atoms with Crippen molar-refractivity contribution in [1.29, 1.82) is 0 Å². The van der Waals surface area contributed by atoms with Gasteiger partial charge in [-0.15, -0.1) is 0 Å². The zero-order chi connectivity index (χ0) is 15.4. The van der Waals surface area contributed by atoms with E-state index in [4.69, 9.17) is 4.74 Å². The average molecular weight is 296 g/mol. The molecule has 4 nitrogen and oxygen atoms in total. The summed E-state index contributed by atoms with van der Waals surface area (Å²) >= 11 is 0. The summed E-state index contributed by atoms with van der Waals surface area (Å²) in [4.78, 5) is 12.1. The Labute approximate surface area is 130 Å². The summed E-state index contributed by atoms with van der Waals surface area (Å²) in [6.45, 7) is 2.58. The Hall–Kier alpha value is -2.49. The highest BCUT2D eigenvalue weighted by Gasteiger charge is 2.22. The van der Waals surface area contributed by atoms with E-state index in [9.17, 15) is 4.79 Å². The molecule has 0 saturated carbocycles.